The van der Waals surface area contributed by atoms with Crippen LogP contribution in [0.2, 0.25) is 0 Å². The monoisotopic (exact) mass is 456 g/mol. The molecule has 4 aromatic carbocycles. The fourth-order valence-electron chi connectivity index (χ4n) is 4.28. The zero-order chi connectivity index (χ0) is 23.9. The van der Waals surface area contributed by atoms with E-state index in [1.54, 1.807) is 6.92 Å². The maximum absolute atomic E-state index is 14.1. The van der Waals surface area contributed by atoms with Crippen molar-refractivity contribution in [2.24, 2.45) is 0 Å². The second kappa shape index (κ2) is 11.1. The molecule has 0 spiro atoms. The van der Waals surface area contributed by atoms with Crippen molar-refractivity contribution < 1.29 is 13.5 Å². The van der Waals surface area contributed by atoms with Crippen molar-refractivity contribution in [1.82, 2.24) is 0 Å². The van der Waals surface area contributed by atoms with E-state index in [1.165, 1.54) is 28.8 Å². The smallest absolute Gasteiger partial charge is 0.190 e. The number of ether oxygens (including phenoxy) is 1. The van der Waals surface area contributed by atoms with Gasteiger partial charge < -0.3 is 4.74 Å². The van der Waals surface area contributed by atoms with Gasteiger partial charge >= 0.3 is 0 Å². The SMILES string of the molecule is CCOc1c(F)cc(CCc2ccc(-c3ccc(CC(C)c4ccccc4)cc3)cc2)cc1F. The van der Waals surface area contributed by atoms with E-state index in [4.69, 9.17) is 4.74 Å². The van der Waals surface area contributed by atoms with Gasteiger partial charge in [0.2, 0.25) is 0 Å². The standard InChI is InChI=1S/C31H30F2O/c1-3-34-31-29(32)20-25(21-30(31)33)10-9-23-11-15-27(16-12-23)28-17-13-24(14-18-28)19-22(2)26-7-5-4-6-8-26/h4-8,11-18,20-22H,3,9-10,19H2,1-2H3. The first kappa shape index (κ1) is 23.7. The molecule has 0 aliphatic rings. The molecule has 0 saturated carbocycles. The van der Waals surface area contributed by atoms with Gasteiger partial charge in [0.15, 0.2) is 17.4 Å². The van der Waals surface area contributed by atoms with E-state index in [0.717, 1.165) is 17.5 Å². The van der Waals surface area contributed by atoms with Crippen LogP contribution >= 0.6 is 0 Å². The summed E-state index contributed by atoms with van der Waals surface area (Å²) < 4.78 is 33.2. The molecular formula is C31H30F2O. The first-order valence-corrected chi connectivity index (χ1v) is 11.9. The first-order valence-electron chi connectivity index (χ1n) is 11.9. The zero-order valence-corrected chi connectivity index (χ0v) is 19.7. The van der Waals surface area contributed by atoms with E-state index < -0.39 is 11.6 Å². The van der Waals surface area contributed by atoms with Gasteiger partial charge in [-0.15, -0.1) is 0 Å². The number of hydrogen-bond acceptors (Lipinski definition) is 1. The molecule has 3 heteroatoms. The fourth-order valence-corrected chi connectivity index (χ4v) is 4.28. The molecule has 0 radical (unpaired) electrons. The molecule has 0 aliphatic heterocycles. The number of aryl methyl sites for hydroxylation is 2. The van der Waals surface area contributed by atoms with Crippen LogP contribution in [0.5, 0.6) is 5.75 Å². The Hall–Kier alpha value is -3.46. The summed E-state index contributed by atoms with van der Waals surface area (Å²) in [5, 5.41) is 0. The molecule has 4 rings (SSSR count). The Morgan fingerprint density at radius 2 is 1.21 bits per heavy atom. The van der Waals surface area contributed by atoms with Crippen LogP contribution in [0, 0.1) is 11.6 Å². The van der Waals surface area contributed by atoms with E-state index in [-0.39, 0.29) is 12.4 Å². The van der Waals surface area contributed by atoms with Crippen LogP contribution in [0.15, 0.2) is 91.0 Å². The Bertz CT molecular complexity index is 1180. The van der Waals surface area contributed by atoms with Crippen LogP contribution in [-0.4, -0.2) is 6.61 Å². The van der Waals surface area contributed by atoms with Crippen molar-refractivity contribution in [3.63, 3.8) is 0 Å². The largest absolute Gasteiger partial charge is 0.488 e. The van der Waals surface area contributed by atoms with Gasteiger partial charge in [-0.2, -0.15) is 0 Å². The Morgan fingerprint density at radius 3 is 1.76 bits per heavy atom. The summed E-state index contributed by atoms with van der Waals surface area (Å²) in [7, 11) is 0. The molecule has 1 nitrogen and oxygen atoms in total. The first-order chi connectivity index (χ1) is 16.5. The molecule has 174 valence electrons. The molecule has 0 heterocycles. The normalized spacial score (nSPS) is 11.9. The summed E-state index contributed by atoms with van der Waals surface area (Å²) in [6.07, 6.45) is 2.29. The third kappa shape index (κ3) is 5.91. The van der Waals surface area contributed by atoms with Gasteiger partial charge in [-0.3, -0.25) is 0 Å². The van der Waals surface area contributed by atoms with Gasteiger partial charge in [0.1, 0.15) is 0 Å². The average molecular weight is 457 g/mol. The van der Waals surface area contributed by atoms with Crippen molar-refractivity contribution >= 4 is 0 Å². The number of halogens is 2. The lowest BCUT2D eigenvalue weighted by Crippen LogP contribution is -2.00. The molecule has 0 fully saturated rings. The lowest BCUT2D eigenvalue weighted by atomic mass is 9.93. The van der Waals surface area contributed by atoms with Crippen molar-refractivity contribution in [2.75, 3.05) is 6.61 Å². The van der Waals surface area contributed by atoms with Crippen LogP contribution in [0.3, 0.4) is 0 Å². The quantitative estimate of drug-likeness (QED) is 0.247. The maximum Gasteiger partial charge on any atom is 0.190 e. The molecule has 0 N–H and O–H groups in total. The Morgan fingerprint density at radius 1 is 0.676 bits per heavy atom. The minimum Gasteiger partial charge on any atom is -0.488 e. The minimum absolute atomic E-state index is 0.231. The summed E-state index contributed by atoms with van der Waals surface area (Å²) in [5.74, 6) is -1.11. The zero-order valence-electron chi connectivity index (χ0n) is 19.7. The van der Waals surface area contributed by atoms with Crippen LogP contribution in [0.1, 0.15) is 42.0 Å². The van der Waals surface area contributed by atoms with Crippen molar-refractivity contribution in [3.05, 3.63) is 125 Å². The summed E-state index contributed by atoms with van der Waals surface area (Å²) in [4.78, 5) is 0. The van der Waals surface area contributed by atoms with Crippen LogP contribution in [0.4, 0.5) is 8.78 Å². The van der Waals surface area contributed by atoms with Gasteiger partial charge in [-0.05, 0) is 77.6 Å². The van der Waals surface area contributed by atoms with Crippen molar-refractivity contribution in [3.8, 4) is 16.9 Å². The highest BCUT2D eigenvalue weighted by Gasteiger charge is 2.12. The number of rotatable bonds is 9. The third-order valence-electron chi connectivity index (χ3n) is 6.20. The number of hydrogen-bond donors (Lipinski definition) is 0. The molecule has 0 aromatic heterocycles. The number of benzene rings is 4. The third-order valence-corrected chi connectivity index (χ3v) is 6.20. The van der Waals surface area contributed by atoms with Crippen molar-refractivity contribution in [1.29, 1.82) is 0 Å². The summed E-state index contributed by atoms with van der Waals surface area (Å²) in [5.41, 5.74) is 6.78. The van der Waals surface area contributed by atoms with Crippen LogP contribution in [0.25, 0.3) is 11.1 Å². The Balaban J connectivity index is 1.36. The highest BCUT2D eigenvalue weighted by atomic mass is 19.1. The van der Waals surface area contributed by atoms with E-state index in [2.05, 4.69) is 85.8 Å². The van der Waals surface area contributed by atoms with E-state index in [0.29, 0.717) is 24.3 Å². The van der Waals surface area contributed by atoms with E-state index in [9.17, 15) is 8.78 Å². The van der Waals surface area contributed by atoms with Crippen LogP contribution < -0.4 is 4.74 Å². The second-order valence-electron chi connectivity index (χ2n) is 8.73. The van der Waals surface area contributed by atoms with E-state index in [1.807, 2.05) is 0 Å². The lowest BCUT2D eigenvalue weighted by Gasteiger charge is -2.12. The summed E-state index contributed by atoms with van der Waals surface area (Å²) >= 11 is 0. The molecule has 0 amide bonds. The minimum atomic E-state index is -0.645. The topological polar surface area (TPSA) is 9.23 Å². The second-order valence-corrected chi connectivity index (χ2v) is 8.73. The Kier molecular flexibility index (Phi) is 7.74. The predicted octanol–water partition coefficient (Wildman–Crippen LogP) is 8.16. The van der Waals surface area contributed by atoms with Gasteiger partial charge in [-0.1, -0.05) is 85.8 Å². The maximum atomic E-state index is 14.1. The molecule has 0 bridgehead atoms. The Labute approximate surface area is 201 Å². The predicted molar refractivity (Wildman–Crippen MR) is 135 cm³/mol. The molecule has 34 heavy (non-hydrogen) atoms. The molecule has 1 atom stereocenters. The molecule has 0 saturated heterocycles. The van der Waals surface area contributed by atoms with Gasteiger partial charge in [0.05, 0.1) is 6.61 Å². The van der Waals surface area contributed by atoms with E-state index >= 15 is 0 Å². The van der Waals surface area contributed by atoms with Crippen LogP contribution in [-0.2, 0) is 19.3 Å². The summed E-state index contributed by atoms with van der Waals surface area (Å²) in [6.45, 7) is 4.20. The fraction of sp³-hybridized carbons (Fsp3) is 0.226. The highest BCUT2D eigenvalue weighted by Crippen LogP contribution is 2.26. The van der Waals surface area contributed by atoms with Gasteiger partial charge in [0, 0.05) is 0 Å². The average Bonchev–Trinajstić information content (AvgIpc) is 2.86. The lowest BCUT2D eigenvalue weighted by molar-refractivity contribution is 0.302. The summed E-state index contributed by atoms with van der Waals surface area (Å²) in [6, 6.07) is 30.5. The van der Waals surface area contributed by atoms with Crippen molar-refractivity contribution in [2.45, 2.75) is 39.0 Å². The highest BCUT2D eigenvalue weighted by molar-refractivity contribution is 5.64. The molecule has 4 aromatic rings. The van der Waals surface area contributed by atoms with Gasteiger partial charge in [-0.25, -0.2) is 8.78 Å². The molecule has 0 aliphatic carbocycles. The molecular weight excluding hydrogens is 426 g/mol. The molecule has 1 unspecified atom stereocenters. The van der Waals surface area contributed by atoms with Gasteiger partial charge in [0.25, 0.3) is 0 Å².